The van der Waals surface area contributed by atoms with Gasteiger partial charge < -0.3 is 9.47 Å². The van der Waals surface area contributed by atoms with Gasteiger partial charge in [0.25, 0.3) is 0 Å². The molecule has 12 heavy (non-hydrogen) atoms. The second kappa shape index (κ2) is 4.78. The third-order valence-corrected chi connectivity index (χ3v) is 1.55. The van der Waals surface area contributed by atoms with E-state index in [0.29, 0.717) is 13.2 Å². The van der Waals surface area contributed by atoms with Crippen molar-refractivity contribution in [3.05, 3.63) is 29.8 Å². The minimum Gasteiger partial charge on any atom is -0.491 e. The van der Waals surface area contributed by atoms with Crippen molar-refractivity contribution in [1.82, 2.24) is 0 Å². The van der Waals surface area contributed by atoms with Crippen LogP contribution in [0.15, 0.2) is 24.3 Å². The van der Waals surface area contributed by atoms with Gasteiger partial charge in [0, 0.05) is 7.11 Å². The van der Waals surface area contributed by atoms with Crippen molar-refractivity contribution in [2.75, 3.05) is 20.3 Å². The van der Waals surface area contributed by atoms with E-state index in [4.69, 9.17) is 9.47 Å². The van der Waals surface area contributed by atoms with Crippen LogP contribution in [0.5, 0.6) is 5.75 Å². The number of rotatable bonds is 4. The highest BCUT2D eigenvalue weighted by Gasteiger charge is 1.91. The minimum atomic E-state index is 0.611. The van der Waals surface area contributed by atoms with Gasteiger partial charge in [-0.05, 0) is 24.6 Å². The average molecular weight is 166 g/mol. The van der Waals surface area contributed by atoms with E-state index >= 15 is 0 Å². The molecule has 1 aromatic rings. The highest BCUT2D eigenvalue weighted by atomic mass is 16.5. The van der Waals surface area contributed by atoms with Crippen LogP contribution in [0.1, 0.15) is 5.56 Å². The fourth-order valence-corrected chi connectivity index (χ4v) is 0.948. The van der Waals surface area contributed by atoms with Crippen LogP contribution in [0, 0.1) is 6.92 Å². The molecule has 2 nitrogen and oxygen atoms in total. The maximum atomic E-state index is 5.40. The third-order valence-electron chi connectivity index (χ3n) is 1.55. The molecule has 0 aliphatic heterocycles. The van der Waals surface area contributed by atoms with Crippen LogP contribution in [-0.2, 0) is 4.74 Å². The molecule has 1 rings (SSSR count). The minimum absolute atomic E-state index is 0.611. The number of methoxy groups -OCH3 is 1. The van der Waals surface area contributed by atoms with Crippen molar-refractivity contribution in [3.63, 3.8) is 0 Å². The summed E-state index contributed by atoms with van der Waals surface area (Å²) >= 11 is 0. The van der Waals surface area contributed by atoms with E-state index in [2.05, 4.69) is 0 Å². The topological polar surface area (TPSA) is 18.5 Å². The summed E-state index contributed by atoms with van der Waals surface area (Å²) in [5.41, 5.74) is 1.21. The summed E-state index contributed by atoms with van der Waals surface area (Å²) in [6.45, 7) is 3.29. The molecule has 0 bridgehead atoms. The monoisotopic (exact) mass is 166 g/mol. The highest BCUT2D eigenvalue weighted by molar-refractivity contribution is 5.27. The van der Waals surface area contributed by atoms with Crippen LogP contribution in [0.4, 0.5) is 0 Å². The molecular weight excluding hydrogens is 152 g/mol. The normalized spacial score (nSPS) is 9.83. The van der Waals surface area contributed by atoms with Crippen LogP contribution in [0.2, 0.25) is 0 Å². The lowest BCUT2D eigenvalue weighted by Gasteiger charge is -2.05. The second-order valence-corrected chi connectivity index (χ2v) is 2.66. The van der Waals surface area contributed by atoms with Gasteiger partial charge in [-0.2, -0.15) is 0 Å². The molecule has 0 atom stereocenters. The maximum Gasteiger partial charge on any atom is 0.119 e. The molecule has 0 unspecified atom stereocenters. The van der Waals surface area contributed by atoms with Crippen molar-refractivity contribution in [1.29, 1.82) is 0 Å². The zero-order valence-electron chi connectivity index (χ0n) is 7.54. The largest absolute Gasteiger partial charge is 0.491 e. The molecule has 0 aliphatic carbocycles. The number of hydrogen-bond acceptors (Lipinski definition) is 2. The van der Waals surface area contributed by atoms with Gasteiger partial charge in [-0.1, -0.05) is 12.1 Å². The van der Waals surface area contributed by atoms with E-state index in [1.807, 2.05) is 31.2 Å². The van der Waals surface area contributed by atoms with Gasteiger partial charge in [0.2, 0.25) is 0 Å². The Balaban J connectivity index is 2.41. The predicted octanol–water partition coefficient (Wildman–Crippen LogP) is 2.02. The first-order chi connectivity index (χ1) is 5.83. The summed E-state index contributed by atoms with van der Waals surface area (Å²) in [7, 11) is 1.67. The summed E-state index contributed by atoms with van der Waals surface area (Å²) in [6, 6.07) is 7.99. The second-order valence-electron chi connectivity index (χ2n) is 2.66. The van der Waals surface area contributed by atoms with Crippen molar-refractivity contribution in [2.24, 2.45) is 0 Å². The molecule has 0 fully saturated rings. The van der Waals surface area contributed by atoms with Gasteiger partial charge in [0.05, 0.1) is 6.61 Å². The quantitative estimate of drug-likeness (QED) is 0.637. The molecular formula is C10H14O2. The van der Waals surface area contributed by atoms with E-state index < -0.39 is 0 Å². The smallest absolute Gasteiger partial charge is 0.119 e. The lowest BCUT2D eigenvalue weighted by molar-refractivity contribution is 0.146. The Hall–Kier alpha value is -1.02. The first-order valence-corrected chi connectivity index (χ1v) is 4.01. The molecule has 0 aromatic heterocycles. The molecule has 0 saturated carbocycles. The van der Waals surface area contributed by atoms with Gasteiger partial charge in [-0.3, -0.25) is 0 Å². The van der Waals surface area contributed by atoms with E-state index in [1.165, 1.54) is 5.56 Å². The van der Waals surface area contributed by atoms with Gasteiger partial charge in [-0.15, -0.1) is 0 Å². The number of ether oxygens (including phenoxy) is 2. The SMILES string of the molecule is COCCOc1cccc(C)c1. The van der Waals surface area contributed by atoms with Gasteiger partial charge in [-0.25, -0.2) is 0 Å². The van der Waals surface area contributed by atoms with Crippen LogP contribution in [-0.4, -0.2) is 20.3 Å². The van der Waals surface area contributed by atoms with E-state index in [-0.39, 0.29) is 0 Å². The fraction of sp³-hybridized carbons (Fsp3) is 0.400. The van der Waals surface area contributed by atoms with E-state index in [9.17, 15) is 0 Å². The van der Waals surface area contributed by atoms with Crippen LogP contribution in [0.3, 0.4) is 0 Å². The van der Waals surface area contributed by atoms with Gasteiger partial charge >= 0.3 is 0 Å². The Labute approximate surface area is 73.1 Å². The maximum absolute atomic E-state index is 5.40. The predicted molar refractivity (Wildman–Crippen MR) is 48.6 cm³/mol. The summed E-state index contributed by atoms with van der Waals surface area (Å²) in [4.78, 5) is 0. The molecule has 0 radical (unpaired) electrons. The Kier molecular flexibility index (Phi) is 3.61. The molecule has 66 valence electrons. The van der Waals surface area contributed by atoms with E-state index in [1.54, 1.807) is 7.11 Å². The van der Waals surface area contributed by atoms with Crippen LogP contribution < -0.4 is 4.74 Å². The summed E-state index contributed by atoms with van der Waals surface area (Å²) < 4.78 is 10.3. The molecule has 0 N–H and O–H groups in total. The average Bonchev–Trinajstić information content (AvgIpc) is 2.05. The Morgan fingerprint density at radius 2 is 2.08 bits per heavy atom. The van der Waals surface area contributed by atoms with Crippen LogP contribution in [0.25, 0.3) is 0 Å². The molecule has 0 aliphatic rings. The molecule has 2 heteroatoms. The summed E-state index contributed by atoms with van der Waals surface area (Å²) in [5.74, 6) is 0.909. The van der Waals surface area contributed by atoms with Crippen LogP contribution >= 0.6 is 0 Å². The molecule has 0 spiro atoms. The van der Waals surface area contributed by atoms with Crippen molar-refractivity contribution < 1.29 is 9.47 Å². The molecule has 1 aromatic carbocycles. The molecule has 0 saturated heterocycles. The first kappa shape index (κ1) is 9.07. The summed E-state index contributed by atoms with van der Waals surface area (Å²) in [5, 5.41) is 0. The Bertz CT molecular complexity index is 233. The highest BCUT2D eigenvalue weighted by Crippen LogP contribution is 2.11. The number of benzene rings is 1. The summed E-state index contributed by atoms with van der Waals surface area (Å²) in [6.07, 6.45) is 0. The Morgan fingerprint density at radius 3 is 2.75 bits per heavy atom. The fourth-order valence-electron chi connectivity index (χ4n) is 0.948. The van der Waals surface area contributed by atoms with Gasteiger partial charge in [0.1, 0.15) is 12.4 Å². The standard InChI is InChI=1S/C10H14O2/c1-9-4-3-5-10(8-9)12-7-6-11-2/h3-5,8H,6-7H2,1-2H3. The van der Waals surface area contributed by atoms with E-state index in [0.717, 1.165) is 5.75 Å². The van der Waals surface area contributed by atoms with Crippen molar-refractivity contribution in [3.8, 4) is 5.75 Å². The third kappa shape index (κ3) is 2.93. The van der Waals surface area contributed by atoms with Gasteiger partial charge in [0.15, 0.2) is 0 Å². The molecule has 0 amide bonds. The zero-order chi connectivity index (χ0) is 8.81. The number of hydrogen-bond donors (Lipinski definition) is 0. The lowest BCUT2D eigenvalue weighted by Crippen LogP contribution is -2.03. The van der Waals surface area contributed by atoms with Crippen molar-refractivity contribution >= 4 is 0 Å². The lowest BCUT2D eigenvalue weighted by atomic mass is 10.2. The Morgan fingerprint density at radius 1 is 1.25 bits per heavy atom. The first-order valence-electron chi connectivity index (χ1n) is 4.01. The zero-order valence-corrected chi connectivity index (χ0v) is 7.54. The molecule has 0 heterocycles. The van der Waals surface area contributed by atoms with Crippen molar-refractivity contribution in [2.45, 2.75) is 6.92 Å². The number of aryl methyl sites for hydroxylation is 1.